The molecule has 1 aliphatic rings. The van der Waals surface area contributed by atoms with Gasteiger partial charge in [-0.2, -0.15) is 12.6 Å². The maximum absolute atomic E-state index is 12.6. The molecule has 0 aromatic carbocycles. The van der Waals surface area contributed by atoms with Crippen LogP contribution in [0.5, 0.6) is 0 Å². The van der Waals surface area contributed by atoms with Crippen LogP contribution in [0.1, 0.15) is 12.8 Å². The van der Waals surface area contributed by atoms with E-state index in [1.54, 1.807) is 4.90 Å². The fraction of sp³-hybridized carbons (Fsp3) is 1.00. The van der Waals surface area contributed by atoms with E-state index >= 15 is 0 Å². The summed E-state index contributed by atoms with van der Waals surface area (Å²) in [6.07, 6.45) is 0.630. The minimum absolute atomic E-state index is 0.0390. The van der Waals surface area contributed by atoms with Crippen molar-refractivity contribution < 1.29 is 8.78 Å². The third-order valence-electron chi connectivity index (χ3n) is 1.67. The number of thiol groups is 1. The summed E-state index contributed by atoms with van der Waals surface area (Å²) in [5.74, 6) is -2.03. The molecule has 1 heterocycles. The maximum Gasteiger partial charge on any atom is 0.260 e. The zero-order chi connectivity index (χ0) is 7.61. The third kappa shape index (κ3) is 2.09. The Bertz CT molecular complexity index is 118. The Labute approximate surface area is 64.8 Å². The predicted octanol–water partition coefficient (Wildman–Crippen LogP) is 1.60. The minimum atomic E-state index is -2.47. The molecule has 4 heteroatoms. The zero-order valence-corrected chi connectivity index (χ0v) is 6.58. The van der Waals surface area contributed by atoms with Gasteiger partial charge in [0.1, 0.15) is 0 Å². The number of rotatable bonds is 1. The third-order valence-corrected chi connectivity index (χ3v) is 2.07. The number of halogens is 2. The van der Waals surface area contributed by atoms with Crippen LogP contribution in [-0.2, 0) is 0 Å². The van der Waals surface area contributed by atoms with Gasteiger partial charge in [-0.1, -0.05) is 0 Å². The van der Waals surface area contributed by atoms with E-state index in [9.17, 15) is 8.78 Å². The largest absolute Gasteiger partial charge is 0.288 e. The second-order valence-corrected chi connectivity index (χ2v) is 2.94. The molecule has 0 saturated carbocycles. The first-order valence-electron chi connectivity index (χ1n) is 3.35. The van der Waals surface area contributed by atoms with Crippen molar-refractivity contribution in [1.82, 2.24) is 4.90 Å². The van der Waals surface area contributed by atoms with Crippen molar-refractivity contribution in [2.45, 2.75) is 18.8 Å². The average molecular weight is 167 g/mol. The summed E-state index contributed by atoms with van der Waals surface area (Å²) < 4.78 is 25.1. The number of hydrogen-bond donors (Lipinski definition) is 1. The lowest BCUT2D eigenvalue weighted by atomic mass is 10.1. The minimum Gasteiger partial charge on any atom is -0.288 e. The van der Waals surface area contributed by atoms with Crippen LogP contribution in [0.2, 0.25) is 0 Å². The summed E-state index contributed by atoms with van der Waals surface area (Å²) in [4.78, 5) is 1.66. The molecule has 0 spiro atoms. The fourth-order valence-corrected chi connectivity index (χ4v) is 1.41. The van der Waals surface area contributed by atoms with Gasteiger partial charge < -0.3 is 0 Å². The molecule has 0 N–H and O–H groups in total. The van der Waals surface area contributed by atoms with Crippen molar-refractivity contribution >= 4 is 12.6 Å². The lowest BCUT2D eigenvalue weighted by Crippen LogP contribution is -2.41. The van der Waals surface area contributed by atoms with Crippen molar-refractivity contribution in [1.29, 1.82) is 0 Å². The lowest BCUT2D eigenvalue weighted by Gasteiger charge is -2.30. The maximum atomic E-state index is 12.6. The molecular weight excluding hydrogens is 156 g/mol. The molecular formula is C6H11F2NS. The van der Waals surface area contributed by atoms with Crippen LogP contribution < -0.4 is 0 Å². The molecule has 1 nitrogen and oxygen atoms in total. The molecule has 0 aromatic heterocycles. The van der Waals surface area contributed by atoms with E-state index in [1.807, 2.05) is 0 Å². The van der Waals surface area contributed by atoms with Crippen molar-refractivity contribution in [3.63, 3.8) is 0 Å². The van der Waals surface area contributed by atoms with E-state index in [0.29, 0.717) is 12.3 Å². The van der Waals surface area contributed by atoms with Gasteiger partial charge in [-0.05, 0) is 13.0 Å². The predicted molar refractivity (Wildman–Crippen MR) is 39.6 cm³/mol. The fourth-order valence-electron chi connectivity index (χ4n) is 1.17. The Morgan fingerprint density at radius 3 is 2.60 bits per heavy atom. The quantitative estimate of drug-likeness (QED) is 0.581. The first-order valence-corrected chi connectivity index (χ1v) is 3.98. The van der Waals surface area contributed by atoms with Crippen LogP contribution in [0.15, 0.2) is 0 Å². The van der Waals surface area contributed by atoms with Crippen molar-refractivity contribution in [2.24, 2.45) is 0 Å². The first-order chi connectivity index (χ1) is 4.64. The second kappa shape index (κ2) is 3.05. The van der Waals surface area contributed by atoms with Gasteiger partial charge in [0.15, 0.2) is 0 Å². The molecule has 0 bridgehead atoms. The summed E-state index contributed by atoms with van der Waals surface area (Å²) in [7, 11) is 0. The Morgan fingerprint density at radius 2 is 2.20 bits per heavy atom. The van der Waals surface area contributed by atoms with Gasteiger partial charge in [0.05, 0.1) is 6.54 Å². The highest BCUT2D eigenvalue weighted by molar-refractivity contribution is 7.80. The average Bonchev–Trinajstić information content (AvgIpc) is 1.86. The number of nitrogens with zero attached hydrogens (tertiary/aromatic N) is 1. The number of alkyl halides is 2. The normalized spacial score (nSPS) is 26.7. The molecule has 1 saturated heterocycles. The van der Waals surface area contributed by atoms with Crippen LogP contribution >= 0.6 is 12.6 Å². The molecule has 1 fully saturated rings. The number of likely N-dealkylation sites (tertiary alicyclic amines) is 1. The highest BCUT2D eigenvalue weighted by Crippen LogP contribution is 2.26. The van der Waals surface area contributed by atoms with Gasteiger partial charge in [0, 0.05) is 12.3 Å². The van der Waals surface area contributed by atoms with E-state index in [4.69, 9.17) is 0 Å². The van der Waals surface area contributed by atoms with Crippen LogP contribution in [0.3, 0.4) is 0 Å². The Kier molecular flexibility index (Phi) is 2.52. The van der Waals surface area contributed by atoms with E-state index in [2.05, 4.69) is 12.6 Å². The lowest BCUT2D eigenvalue weighted by molar-refractivity contribution is -0.0587. The highest BCUT2D eigenvalue weighted by atomic mass is 32.1. The van der Waals surface area contributed by atoms with E-state index in [-0.39, 0.29) is 13.0 Å². The van der Waals surface area contributed by atoms with Crippen LogP contribution in [0, 0.1) is 0 Å². The first kappa shape index (κ1) is 8.27. The summed E-state index contributed by atoms with van der Waals surface area (Å²) in [5.41, 5.74) is 0. The Hall–Kier alpha value is 0.170. The standard InChI is InChI=1S/C6H11F2NS/c7-6(8)2-1-3-9(4-6)5-10/h10H,1-5H2. The van der Waals surface area contributed by atoms with Gasteiger partial charge >= 0.3 is 0 Å². The summed E-state index contributed by atoms with van der Waals surface area (Å²) in [6.45, 7) is 0.648. The van der Waals surface area contributed by atoms with Gasteiger partial charge in [-0.3, -0.25) is 4.90 Å². The van der Waals surface area contributed by atoms with Gasteiger partial charge in [0.2, 0.25) is 0 Å². The molecule has 0 aromatic rings. The molecule has 60 valence electrons. The molecule has 0 amide bonds. The Morgan fingerprint density at radius 1 is 1.50 bits per heavy atom. The van der Waals surface area contributed by atoms with E-state index in [1.165, 1.54) is 0 Å². The van der Waals surface area contributed by atoms with E-state index in [0.717, 1.165) is 6.54 Å². The van der Waals surface area contributed by atoms with Crippen LogP contribution in [-0.4, -0.2) is 29.8 Å². The molecule has 10 heavy (non-hydrogen) atoms. The molecule has 0 radical (unpaired) electrons. The SMILES string of the molecule is FC1(F)CCCN(CS)C1. The molecule has 0 aliphatic carbocycles. The smallest absolute Gasteiger partial charge is 0.260 e. The molecule has 0 atom stereocenters. The summed E-state index contributed by atoms with van der Waals surface area (Å²) in [6, 6.07) is 0. The number of piperidine rings is 1. The van der Waals surface area contributed by atoms with Crippen LogP contribution in [0.25, 0.3) is 0 Å². The van der Waals surface area contributed by atoms with Crippen molar-refractivity contribution in [3.05, 3.63) is 0 Å². The molecule has 0 unspecified atom stereocenters. The van der Waals surface area contributed by atoms with E-state index < -0.39 is 5.92 Å². The number of hydrogen-bond acceptors (Lipinski definition) is 2. The van der Waals surface area contributed by atoms with Gasteiger partial charge in [0.25, 0.3) is 5.92 Å². The molecule has 1 aliphatic heterocycles. The van der Waals surface area contributed by atoms with Gasteiger partial charge in [-0.25, -0.2) is 8.78 Å². The highest BCUT2D eigenvalue weighted by Gasteiger charge is 2.34. The summed E-state index contributed by atoms with van der Waals surface area (Å²) in [5, 5.41) is 0. The van der Waals surface area contributed by atoms with Crippen molar-refractivity contribution in [3.8, 4) is 0 Å². The topological polar surface area (TPSA) is 3.24 Å². The zero-order valence-electron chi connectivity index (χ0n) is 5.69. The second-order valence-electron chi connectivity index (χ2n) is 2.65. The monoisotopic (exact) mass is 167 g/mol. The summed E-state index contributed by atoms with van der Waals surface area (Å²) >= 11 is 3.93. The van der Waals surface area contributed by atoms with Crippen LogP contribution in [0.4, 0.5) is 8.78 Å². The van der Waals surface area contributed by atoms with Crippen molar-refractivity contribution in [2.75, 3.05) is 19.0 Å². The molecule has 1 rings (SSSR count). The van der Waals surface area contributed by atoms with Gasteiger partial charge in [-0.15, -0.1) is 0 Å². The Balaban J connectivity index is 2.40.